The highest BCUT2D eigenvalue weighted by atomic mass is 16.5. The van der Waals surface area contributed by atoms with E-state index >= 15 is 0 Å². The van der Waals surface area contributed by atoms with Crippen LogP contribution in [-0.4, -0.2) is 30.1 Å². The largest absolute Gasteiger partial charge is 0.493 e. The third-order valence-electron chi connectivity index (χ3n) is 5.05. The molecule has 1 heterocycles. The second-order valence-electron chi connectivity index (χ2n) is 7.37. The number of rotatable bonds is 7. The van der Waals surface area contributed by atoms with Crippen LogP contribution in [0, 0.1) is 6.92 Å². The predicted octanol–water partition coefficient (Wildman–Crippen LogP) is 3.48. The van der Waals surface area contributed by atoms with E-state index in [9.17, 15) is 9.59 Å². The summed E-state index contributed by atoms with van der Waals surface area (Å²) in [5, 5.41) is 4.46. The van der Waals surface area contributed by atoms with Gasteiger partial charge in [-0.25, -0.2) is 4.79 Å². The Morgan fingerprint density at radius 3 is 2.39 bits per heavy atom. The van der Waals surface area contributed by atoms with Crippen LogP contribution in [0.1, 0.15) is 16.7 Å². The first-order chi connectivity index (χ1) is 16.0. The molecule has 0 aliphatic carbocycles. The topological polar surface area (TPSA) is 94.9 Å². The van der Waals surface area contributed by atoms with E-state index in [2.05, 4.69) is 10.1 Å². The van der Waals surface area contributed by atoms with Crippen molar-refractivity contribution in [2.24, 2.45) is 5.10 Å². The molecule has 0 fully saturated rings. The van der Waals surface area contributed by atoms with Crippen molar-refractivity contribution >= 4 is 17.1 Å². The molecule has 0 aliphatic rings. The maximum absolute atomic E-state index is 12.7. The Bertz CT molecular complexity index is 1430. The fourth-order valence-corrected chi connectivity index (χ4v) is 3.46. The summed E-state index contributed by atoms with van der Waals surface area (Å²) in [7, 11) is 3.04. The molecule has 3 aromatic carbocycles. The number of methoxy groups -OCH3 is 2. The summed E-state index contributed by atoms with van der Waals surface area (Å²) in [5.74, 6) is 1.31. The van der Waals surface area contributed by atoms with Gasteiger partial charge >= 0.3 is 5.69 Å². The van der Waals surface area contributed by atoms with E-state index in [-0.39, 0.29) is 0 Å². The Labute approximate surface area is 189 Å². The van der Waals surface area contributed by atoms with Gasteiger partial charge in [0, 0.05) is 5.56 Å². The number of nitrogens with zero attached hydrogens (tertiary/aromatic N) is 2. The number of aromatic amines is 1. The lowest BCUT2D eigenvalue weighted by atomic mass is 10.1. The Balaban J connectivity index is 1.67. The lowest BCUT2D eigenvalue weighted by Gasteiger charge is -2.15. The van der Waals surface area contributed by atoms with Gasteiger partial charge in [-0.05, 0) is 36.8 Å². The molecule has 0 saturated carbocycles. The van der Waals surface area contributed by atoms with Crippen LogP contribution < -0.4 is 25.5 Å². The van der Waals surface area contributed by atoms with Gasteiger partial charge in [0.1, 0.15) is 6.61 Å². The van der Waals surface area contributed by atoms with Crippen LogP contribution in [0.2, 0.25) is 0 Å². The Kier molecular flexibility index (Phi) is 6.26. The molecule has 0 aliphatic heterocycles. The number of aromatic nitrogens is 2. The van der Waals surface area contributed by atoms with Gasteiger partial charge in [-0.2, -0.15) is 5.10 Å². The molecule has 0 amide bonds. The van der Waals surface area contributed by atoms with Crippen LogP contribution in [0.5, 0.6) is 17.2 Å². The lowest BCUT2D eigenvalue weighted by Crippen LogP contribution is -2.32. The summed E-state index contributed by atoms with van der Waals surface area (Å²) in [6.07, 6.45) is 1.39. The summed E-state index contributed by atoms with van der Waals surface area (Å²) in [4.78, 5) is 27.7. The summed E-state index contributed by atoms with van der Waals surface area (Å²) in [5.41, 5.74) is 2.03. The quantitative estimate of drug-likeness (QED) is 0.440. The summed E-state index contributed by atoms with van der Waals surface area (Å²) in [6.45, 7) is 2.36. The van der Waals surface area contributed by atoms with Crippen LogP contribution >= 0.6 is 0 Å². The minimum absolute atomic E-state index is 0.337. The van der Waals surface area contributed by atoms with Gasteiger partial charge in [0.25, 0.3) is 5.56 Å². The van der Waals surface area contributed by atoms with E-state index in [0.29, 0.717) is 40.3 Å². The van der Waals surface area contributed by atoms with E-state index in [1.165, 1.54) is 20.4 Å². The summed E-state index contributed by atoms with van der Waals surface area (Å²) in [6, 6.07) is 18.2. The van der Waals surface area contributed by atoms with Crippen LogP contribution in [0.3, 0.4) is 0 Å². The van der Waals surface area contributed by atoms with Crippen molar-refractivity contribution in [3.63, 3.8) is 0 Å². The van der Waals surface area contributed by atoms with Gasteiger partial charge in [0.15, 0.2) is 11.5 Å². The van der Waals surface area contributed by atoms with Gasteiger partial charge < -0.3 is 19.2 Å². The van der Waals surface area contributed by atoms with Crippen molar-refractivity contribution in [3.8, 4) is 17.2 Å². The number of ether oxygens (including phenoxy) is 3. The summed E-state index contributed by atoms with van der Waals surface area (Å²) < 4.78 is 17.8. The van der Waals surface area contributed by atoms with Crippen molar-refractivity contribution in [1.29, 1.82) is 0 Å². The minimum atomic E-state index is -0.632. The molecule has 1 aromatic heterocycles. The smallest absolute Gasteiger partial charge is 0.349 e. The average Bonchev–Trinajstić information content (AvgIpc) is 2.82. The normalized spacial score (nSPS) is 11.1. The molecule has 0 saturated heterocycles. The second kappa shape index (κ2) is 9.44. The molecule has 8 heteroatoms. The third-order valence-corrected chi connectivity index (χ3v) is 5.05. The first kappa shape index (κ1) is 21.9. The van der Waals surface area contributed by atoms with E-state index in [1.54, 1.807) is 36.4 Å². The molecular formula is C25H23N3O5. The Morgan fingerprint density at radius 2 is 1.70 bits per heavy atom. The van der Waals surface area contributed by atoms with Crippen molar-refractivity contribution in [1.82, 2.24) is 9.66 Å². The molecule has 0 atom stereocenters. The number of aryl methyl sites for hydroxylation is 1. The average molecular weight is 445 g/mol. The number of H-pyrrole nitrogens is 1. The number of para-hydroxylation sites is 1. The third kappa shape index (κ3) is 4.64. The molecular weight excluding hydrogens is 422 g/mol. The molecule has 0 radical (unpaired) electrons. The number of nitrogens with one attached hydrogen (secondary N) is 1. The van der Waals surface area contributed by atoms with Gasteiger partial charge in [-0.3, -0.25) is 4.79 Å². The molecule has 33 heavy (non-hydrogen) atoms. The lowest BCUT2D eigenvalue weighted by molar-refractivity contribution is 0.266. The minimum Gasteiger partial charge on any atom is -0.493 e. The summed E-state index contributed by atoms with van der Waals surface area (Å²) >= 11 is 0. The van der Waals surface area contributed by atoms with Crippen molar-refractivity contribution in [2.45, 2.75) is 13.5 Å². The van der Waals surface area contributed by atoms with Crippen molar-refractivity contribution in [2.75, 3.05) is 14.2 Å². The van der Waals surface area contributed by atoms with Crippen LogP contribution in [0.25, 0.3) is 10.9 Å². The Hall–Kier alpha value is -4.33. The zero-order chi connectivity index (χ0) is 23.4. The fraction of sp³-hybridized carbons (Fsp3) is 0.160. The molecule has 4 rings (SSSR count). The molecule has 4 aromatic rings. The van der Waals surface area contributed by atoms with Crippen molar-refractivity contribution in [3.05, 3.63) is 98.2 Å². The standard InChI is InChI=1S/C25H23N3O5/c1-16-7-6-8-17(11-16)15-33-23-21(31-2)12-18(13-22(23)32-3)14-26-28-24(29)19-9-4-5-10-20(19)27-25(28)30/h4-14H,15H2,1-3H3,(H,27,30). The SMILES string of the molecule is COc1cc(C=Nn2c(=O)[nH]c3ccccc3c2=O)cc(OC)c1OCc1cccc(C)c1. The zero-order valence-electron chi connectivity index (χ0n) is 18.5. The molecule has 1 N–H and O–H groups in total. The van der Waals surface area contributed by atoms with Gasteiger partial charge in [-0.15, -0.1) is 4.68 Å². The highest BCUT2D eigenvalue weighted by Gasteiger charge is 2.14. The molecule has 168 valence electrons. The molecule has 0 spiro atoms. The van der Waals surface area contributed by atoms with Crippen molar-refractivity contribution < 1.29 is 14.2 Å². The van der Waals surface area contributed by atoms with E-state index in [4.69, 9.17) is 14.2 Å². The molecule has 0 unspecified atom stereocenters. The Morgan fingerprint density at radius 1 is 0.970 bits per heavy atom. The van der Waals surface area contributed by atoms with E-state index < -0.39 is 11.2 Å². The monoisotopic (exact) mass is 445 g/mol. The van der Waals surface area contributed by atoms with Crippen LogP contribution in [0.15, 0.2) is 75.4 Å². The zero-order valence-corrected chi connectivity index (χ0v) is 18.5. The van der Waals surface area contributed by atoms with E-state index in [0.717, 1.165) is 15.8 Å². The number of fused-ring (bicyclic) bond motifs is 1. The van der Waals surface area contributed by atoms with Gasteiger partial charge in [0.05, 0.1) is 31.3 Å². The number of benzene rings is 3. The fourth-order valence-electron chi connectivity index (χ4n) is 3.46. The molecule has 8 nitrogen and oxygen atoms in total. The van der Waals surface area contributed by atoms with Gasteiger partial charge in [-0.1, -0.05) is 42.0 Å². The highest BCUT2D eigenvalue weighted by molar-refractivity contribution is 5.82. The van der Waals surface area contributed by atoms with Crippen LogP contribution in [0.4, 0.5) is 0 Å². The highest BCUT2D eigenvalue weighted by Crippen LogP contribution is 2.38. The first-order valence-corrected chi connectivity index (χ1v) is 10.2. The van der Waals surface area contributed by atoms with Crippen LogP contribution in [-0.2, 0) is 6.61 Å². The van der Waals surface area contributed by atoms with Gasteiger partial charge in [0.2, 0.25) is 5.75 Å². The number of hydrogen-bond donors (Lipinski definition) is 1. The van der Waals surface area contributed by atoms with E-state index in [1.807, 2.05) is 31.2 Å². The number of hydrogen-bond acceptors (Lipinski definition) is 6. The first-order valence-electron chi connectivity index (χ1n) is 10.2. The predicted molar refractivity (Wildman–Crippen MR) is 127 cm³/mol. The maximum atomic E-state index is 12.7. The maximum Gasteiger partial charge on any atom is 0.349 e. The second-order valence-corrected chi connectivity index (χ2v) is 7.37. The molecule has 0 bridgehead atoms.